The maximum atomic E-state index is 11.9. The summed E-state index contributed by atoms with van der Waals surface area (Å²) in [6.07, 6.45) is 0. The number of carbonyl (C=O) groups excluding carboxylic acids is 1. The van der Waals surface area contributed by atoms with E-state index in [1.54, 1.807) is 24.3 Å². The van der Waals surface area contributed by atoms with Crippen molar-refractivity contribution in [3.05, 3.63) is 63.1 Å². The van der Waals surface area contributed by atoms with E-state index in [9.17, 15) is 4.79 Å². The Hall–Kier alpha value is -1.52. The molecule has 0 saturated heterocycles. The van der Waals surface area contributed by atoms with Gasteiger partial charge in [0, 0.05) is 20.7 Å². The van der Waals surface area contributed by atoms with Crippen molar-refractivity contribution in [3.63, 3.8) is 0 Å². The SMILES string of the molecule is Nc1cc(Br)cc(C(=O)OCc2ccccc2Cl)c1. The van der Waals surface area contributed by atoms with Crippen LogP contribution in [0, 0.1) is 0 Å². The van der Waals surface area contributed by atoms with Gasteiger partial charge in [0.1, 0.15) is 6.61 Å². The molecule has 3 nitrogen and oxygen atoms in total. The van der Waals surface area contributed by atoms with Crippen LogP contribution in [0.5, 0.6) is 0 Å². The van der Waals surface area contributed by atoms with Gasteiger partial charge in [0.15, 0.2) is 0 Å². The zero-order valence-corrected chi connectivity index (χ0v) is 12.2. The predicted octanol–water partition coefficient (Wildman–Crippen LogP) is 4.04. The van der Waals surface area contributed by atoms with Crippen LogP contribution < -0.4 is 5.73 Å². The summed E-state index contributed by atoms with van der Waals surface area (Å²) >= 11 is 9.27. The summed E-state index contributed by atoms with van der Waals surface area (Å²) in [7, 11) is 0. The van der Waals surface area contributed by atoms with Crippen LogP contribution in [0.15, 0.2) is 46.9 Å². The first-order valence-corrected chi connectivity index (χ1v) is 6.70. The van der Waals surface area contributed by atoms with E-state index in [4.69, 9.17) is 22.1 Å². The highest BCUT2D eigenvalue weighted by Crippen LogP contribution is 2.20. The Balaban J connectivity index is 2.08. The van der Waals surface area contributed by atoms with Crippen molar-refractivity contribution in [2.45, 2.75) is 6.61 Å². The van der Waals surface area contributed by atoms with E-state index in [1.165, 1.54) is 0 Å². The van der Waals surface area contributed by atoms with Crippen LogP contribution in [0.3, 0.4) is 0 Å². The van der Waals surface area contributed by atoms with E-state index >= 15 is 0 Å². The number of halogens is 2. The van der Waals surface area contributed by atoms with Gasteiger partial charge in [-0.2, -0.15) is 0 Å². The highest BCUT2D eigenvalue weighted by molar-refractivity contribution is 9.10. The molecular formula is C14H11BrClNO2. The van der Waals surface area contributed by atoms with Gasteiger partial charge in [-0.25, -0.2) is 4.79 Å². The number of nitrogen functional groups attached to an aromatic ring is 1. The summed E-state index contributed by atoms with van der Waals surface area (Å²) in [5, 5.41) is 0.573. The smallest absolute Gasteiger partial charge is 0.338 e. The van der Waals surface area contributed by atoms with Gasteiger partial charge in [0.2, 0.25) is 0 Å². The minimum Gasteiger partial charge on any atom is -0.457 e. The molecule has 0 saturated carbocycles. The first-order valence-electron chi connectivity index (χ1n) is 5.53. The van der Waals surface area contributed by atoms with Crippen molar-refractivity contribution in [2.24, 2.45) is 0 Å². The van der Waals surface area contributed by atoms with Gasteiger partial charge >= 0.3 is 5.97 Å². The fraction of sp³-hybridized carbons (Fsp3) is 0.0714. The van der Waals surface area contributed by atoms with E-state index in [-0.39, 0.29) is 6.61 Å². The normalized spacial score (nSPS) is 10.2. The third-order valence-corrected chi connectivity index (χ3v) is 3.30. The van der Waals surface area contributed by atoms with Crippen molar-refractivity contribution in [2.75, 3.05) is 5.73 Å². The fourth-order valence-electron chi connectivity index (χ4n) is 1.57. The molecule has 0 spiro atoms. The first kappa shape index (κ1) is 13.9. The molecule has 0 aliphatic carbocycles. The topological polar surface area (TPSA) is 52.3 Å². The van der Waals surface area contributed by atoms with Crippen molar-refractivity contribution in [1.29, 1.82) is 0 Å². The van der Waals surface area contributed by atoms with E-state index in [0.29, 0.717) is 16.3 Å². The molecule has 0 radical (unpaired) electrons. The van der Waals surface area contributed by atoms with Crippen molar-refractivity contribution >= 4 is 39.2 Å². The molecule has 98 valence electrons. The van der Waals surface area contributed by atoms with Gasteiger partial charge in [-0.1, -0.05) is 45.7 Å². The number of carbonyl (C=O) groups is 1. The second-order valence-electron chi connectivity index (χ2n) is 3.94. The number of hydrogen-bond donors (Lipinski definition) is 1. The lowest BCUT2D eigenvalue weighted by molar-refractivity contribution is 0.0473. The number of benzene rings is 2. The van der Waals surface area contributed by atoms with Gasteiger partial charge in [-0.15, -0.1) is 0 Å². The van der Waals surface area contributed by atoms with Crippen LogP contribution in [0.1, 0.15) is 15.9 Å². The number of nitrogens with two attached hydrogens (primary N) is 1. The fourth-order valence-corrected chi connectivity index (χ4v) is 2.27. The number of hydrogen-bond acceptors (Lipinski definition) is 3. The standard InChI is InChI=1S/C14H11BrClNO2/c15-11-5-10(6-12(17)7-11)14(18)19-8-9-3-1-2-4-13(9)16/h1-7H,8,17H2. The van der Waals surface area contributed by atoms with Crippen molar-refractivity contribution in [3.8, 4) is 0 Å². The van der Waals surface area contributed by atoms with Crippen molar-refractivity contribution in [1.82, 2.24) is 0 Å². The van der Waals surface area contributed by atoms with E-state index in [0.717, 1.165) is 10.0 Å². The van der Waals surface area contributed by atoms with Crippen LogP contribution in [0.2, 0.25) is 5.02 Å². The Bertz CT molecular complexity index is 596. The average Bonchev–Trinajstić information content (AvgIpc) is 2.36. The van der Waals surface area contributed by atoms with Crippen LogP contribution in [-0.4, -0.2) is 5.97 Å². The first-order chi connectivity index (χ1) is 9.06. The second-order valence-corrected chi connectivity index (χ2v) is 5.26. The van der Waals surface area contributed by atoms with Crippen LogP contribution in [0.25, 0.3) is 0 Å². The second kappa shape index (κ2) is 6.08. The molecular weight excluding hydrogens is 330 g/mol. The summed E-state index contributed by atoms with van der Waals surface area (Å²) < 4.78 is 5.94. The number of esters is 1. The predicted molar refractivity (Wildman–Crippen MR) is 79.1 cm³/mol. The summed E-state index contributed by atoms with van der Waals surface area (Å²) in [5.74, 6) is -0.437. The van der Waals surface area contributed by atoms with Gasteiger partial charge in [0.05, 0.1) is 5.56 Å². The molecule has 5 heteroatoms. The minimum atomic E-state index is -0.437. The maximum Gasteiger partial charge on any atom is 0.338 e. The van der Waals surface area contributed by atoms with Crippen LogP contribution >= 0.6 is 27.5 Å². The molecule has 2 aromatic carbocycles. The molecule has 0 aliphatic heterocycles. The van der Waals surface area contributed by atoms with Gasteiger partial charge in [-0.3, -0.25) is 0 Å². The molecule has 0 aliphatic rings. The molecule has 0 aromatic heterocycles. The number of anilines is 1. The molecule has 19 heavy (non-hydrogen) atoms. The lowest BCUT2D eigenvalue weighted by atomic mass is 10.2. The maximum absolute atomic E-state index is 11.9. The third kappa shape index (κ3) is 3.72. The molecule has 0 heterocycles. The monoisotopic (exact) mass is 339 g/mol. The average molecular weight is 341 g/mol. The van der Waals surface area contributed by atoms with Crippen molar-refractivity contribution < 1.29 is 9.53 Å². The van der Waals surface area contributed by atoms with E-state index < -0.39 is 5.97 Å². The van der Waals surface area contributed by atoms with E-state index in [2.05, 4.69) is 15.9 Å². The van der Waals surface area contributed by atoms with Crippen LogP contribution in [0.4, 0.5) is 5.69 Å². The summed E-state index contributed by atoms with van der Waals surface area (Å²) in [4.78, 5) is 11.9. The lowest BCUT2D eigenvalue weighted by Gasteiger charge is -2.07. The molecule has 0 amide bonds. The summed E-state index contributed by atoms with van der Waals surface area (Å²) in [6, 6.07) is 12.2. The Kier molecular flexibility index (Phi) is 4.45. The number of ether oxygens (including phenoxy) is 1. The highest BCUT2D eigenvalue weighted by Gasteiger charge is 2.10. The largest absolute Gasteiger partial charge is 0.457 e. The Labute approximate surface area is 124 Å². The molecule has 0 atom stereocenters. The zero-order chi connectivity index (χ0) is 13.8. The number of rotatable bonds is 3. The Morgan fingerprint density at radius 3 is 2.68 bits per heavy atom. The molecule has 2 N–H and O–H groups in total. The Morgan fingerprint density at radius 1 is 1.26 bits per heavy atom. The molecule has 2 aromatic rings. The third-order valence-electron chi connectivity index (χ3n) is 2.47. The van der Waals surface area contributed by atoms with Gasteiger partial charge in [0.25, 0.3) is 0 Å². The molecule has 0 unspecified atom stereocenters. The quantitative estimate of drug-likeness (QED) is 0.677. The van der Waals surface area contributed by atoms with E-state index in [1.807, 2.05) is 18.2 Å². The van der Waals surface area contributed by atoms with Crippen LogP contribution in [-0.2, 0) is 11.3 Å². The summed E-state index contributed by atoms with van der Waals surface area (Å²) in [6.45, 7) is 0.130. The Morgan fingerprint density at radius 2 is 2.00 bits per heavy atom. The molecule has 0 fully saturated rings. The molecule has 2 rings (SSSR count). The van der Waals surface area contributed by atoms with Gasteiger partial charge in [-0.05, 0) is 24.3 Å². The lowest BCUT2D eigenvalue weighted by Crippen LogP contribution is -2.06. The van der Waals surface area contributed by atoms with Gasteiger partial charge < -0.3 is 10.5 Å². The highest BCUT2D eigenvalue weighted by atomic mass is 79.9. The molecule has 0 bridgehead atoms. The minimum absolute atomic E-state index is 0.130. The summed E-state index contributed by atoms with van der Waals surface area (Å²) in [5.41, 5.74) is 7.33. The zero-order valence-electron chi connectivity index (χ0n) is 9.90.